The van der Waals surface area contributed by atoms with E-state index in [9.17, 15) is 14.3 Å². The Bertz CT molecular complexity index is 1180. The molecule has 0 fully saturated rings. The molecule has 5 nitrogen and oxygen atoms in total. The second-order valence-electron chi connectivity index (χ2n) is 7.19. The van der Waals surface area contributed by atoms with Crippen LogP contribution in [0.1, 0.15) is 23.7 Å². The van der Waals surface area contributed by atoms with Gasteiger partial charge in [0.05, 0.1) is 12.6 Å². The maximum atomic E-state index is 13.2. The van der Waals surface area contributed by atoms with Gasteiger partial charge >= 0.3 is 0 Å². The van der Waals surface area contributed by atoms with E-state index in [1.165, 1.54) is 12.1 Å². The fourth-order valence-electron chi connectivity index (χ4n) is 3.34. The lowest BCUT2D eigenvalue weighted by Gasteiger charge is -2.14. The largest absolute Gasteiger partial charge is 0.394 e. The van der Waals surface area contributed by atoms with Crippen molar-refractivity contribution in [1.29, 1.82) is 0 Å². The molecule has 0 saturated carbocycles. The molecule has 4 rings (SSSR count). The number of aliphatic hydroxyl groups is 1. The Morgan fingerprint density at radius 3 is 2.63 bits per heavy atom. The molecule has 152 valence electrons. The van der Waals surface area contributed by atoms with Crippen molar-refractivity contribution < 1.29 is 14.3 Å². The van der Waals surface area contributed by atoms with Crippen LogP contribution < -0.4 is 5.32 Å². The molecule has 0 spiro atoms. The molecule has 1 atom stereocenters. The Kier molecular flexibility index (Phi) is 5.59. The summed E-state index contributed by atoms with van der Waals surface area (Å²) in [6, 6.07) is 17.3. The number of fused-ring (bicyclic) bond motifs is 1. The zero-order valence-corrected chi connectivity index (χ0v) is 16.5. The Morgan fingerprint density at radius 1 is 1.10 bits per heavy atom. The Morgan fingerprint density at radius 2 is 1.90 bits per heavy atom. The van der Waals surface area contributed by atoms with E-state index in [1.807, 2.05) is 37.3 Å². The van der Waals surface area contributed by atoms with Gasteiger partial charge in [-0.05, 0) is 66.1 Å². The molecule has 1 amide bonds. The average Bonchev–Trinajstić information content (AvgIpc) is 3.21. The number of aromatic nitrogens is 2. The van der Waals surface area contributed by atoms with E-state index in [0.717, 1.165) is 33.4 Å². The summed E-state index contributed by atoms with van der Waals surface area (Å²) in [7, 11) is 0. The first kappa shape index (κ1) is 19.8. The van der Waals surface area contributed by atoms with Gasteiger partial charge in [0.25, 0.3) is 5.91 Å². The van der Waals surface area contributed by atoms with Crippen LogP contribution in [-0.4, -0.2) is 33.6 Å². The van der Waals surface area contributed by atoms with Crippen molar-refractivity contribution in [2.45, 2.75) is 19.4 Å². The van der Waals surface area contributed by atoms with E-state index in [4.69, 9.17) is 0 Å². The van der Waals surface area contributed by atoms with E-state index in [2.05, 4.69) is 15.3 Å². The molecular formula is C24H22FN3O2. The third-order valence-corrected chi connectivity index (χ3v) is 5.13. The van der Waals surface area contributed by atoms with Crippen LogP contribution in [0.15, 0.2) is 66.9 Å². The van der Waals surface area contributed by atoms with Crippen LogP contribution >= 0.6 is 0 Å². The van der Waals surface area contributed by atoms with Gasteiger partial charge in [0.2, 0.25) is 0 Å². The number of pyridine rings is 1. The lowest BCUT2D eigenvalue weighted by atomic mass is 10.0. The van der Waals surface area contributed by atoms with Crippen LogP contribution in [0.2, 0.25) is 0 Å². The van der Waals surface area contributed by atoms with E-state index >= 15 is 0 Å². The molecule has 4 aromatic rings. The number of hydrogen-bond acceptors (Lipinski definition) is 3. The summed E-state index contributed by atoms with van der Waals surface area (Å²) in [6.07, 6.45) is 2.42. The number of halogens is 1. The lowest BCUT2D eigenvalue weighted by Crippen LogP contribution is -2.36. The van der Waals surface area contributed by atoms with E-state index in [-0.39, 0.29) is 24.4 Å². The minimum absolute atomic E-state index is 0.0909. The number of amides is 1. The second-order valence-corrected chi connectivity index (χ2v) is 7.19. The molecule has 0 bridgehead atoms. The van der Waals surface area contributed by atoms with Gasteiger partial charge in [-0.25, -0.2) is 9.37 Å². The summed E-state index contributed by atoms with van der Waals surface area (Å²) < 4.78 is 13.2. The van der Waals surface area contributed by atoms with Crippen LogP contribution in [0.5, 0.6) is 0 Å². The summed E-state index contributed by atoms with van der Waals surface area (Å²) in [5, 5.41) is 13.1. The normalized spacial score (nSPS) is 12.1. The van der Waals surface area contributed by atoms with Gasteiger partial charge in [-0.3, -0.25) is 4.79 Å². The highest BCUT2D eigenvalue weighted by Crippen LogP contribution is 2.27. The van der Waals surface area contributed by atoms with Gasteiger partial charge in [-0.15, -0.1) is 0 Å². The van der Waals surface area contributed by atoms with Crippen molar-refractivity contribution >= 4 is 16.9 Å². The van der Waals surface area contributed by atoms with Crippen LogP contribution in [0.4, 0.5) is 4.39 Å². The zero-order chi connectivity index (χ0) is 21.1. The third kappa shape index (κ3) is 4.09. The highest BCUT2D eigenvalue weighted by Gasteiger charge is 2.13. The summed E-state index contributed by atoms with van der Waals surface area (Å²) in [6.45, 7) is 1.82. The number of benzene rings is 2. The number of aliphatic hydroxyl groups excluding tert-OH is 1. The third-order valence-electron chi connectivity index (χ3n) is 5.13. The molecule has 0 radical (unpaired) electrons. The summed E-state index contributed by atoms with van der Waals surface area (Å²) in [5.74, 6) is -0.490. The van der Waals surface area contributed by atoms with Crippen molar-refractivity contribution in [2.24, 2.45) is 0 Å². The number of aromatic amines is 1. The number of nitrogens with one attached hydrogen (secondary N) is 2. The fourth-order valence-corrected chi connectivity index (χ4v) is 3.34. The topological polar surface area (TPSA) is 78.0 Å². The quantitative estimate of drug-likeness (QED) is 0.442. The molecular weight excluding hydrogens is 381 g/mol. The number of nitrogens with zero attached hydrogens (tertiary/aromatic N) is 1. The number of carbonyl (C=O) groups is 1. The standard InChI is InChI=1S/C24H22FN3O2/c1-2-21(14-29)27-24(30)17-5-3-4-16(10-17)19-11-18-12-22(28-23(18)26-13-19)15-6-8-20(25)9-7-15/h3-13,21,29H,2,14H2,1H3,(H,26,28)(H,27,30)/t21-/m0/s1. The Labute approximate surface area is 173 Å². The first-order chi connectivity index (χ1) is 14.6. The Hall–Kier alpha value is -3.51. The molecule has 6 heteroatoms. The fraction of sp³-hybridized carbons (Fsp3) is 0.167. The van der Waals surface area contributed by atoms with Crippen molar-refractivity contribution in [3.8, 4) is 22.4 Å². The van der Waals surface area contributed by atoms with Gasteiger partial charge in [0, 0.05) is 28.4 Å². The van der Waals surface area contributed by atoms with E-state index in [1.54, 1.807) is 24.4 Å². The average molecular weight is 403 g/mol. The van der Waals surface area contributed by atoms with Crippen molar-refractivity contribution in [1.82, 2.24) is 15.3 Å². The van der Waals surface area contributed by atoms with E-state index in [0.29, 0.717) is 12.0 Å². The summed E-state index contributed by atoms with van der Waals surface area (Å²) >= 11 is 0. The van der Waals surface area contributed by atoms with Crippen LogP contribution in [0.25, 0.3) is 33.4 Å². The van der Waals surface area contributed by atoms with Crippen LogP contribution in [-0.2, 0) is 0 Å². The number of hydrogen-bond donors (Lipinski definition) is 3. The SMILES string of the molecule is CC[C@@H](CO)NC(=O)c1cccc(-c2cnc3[nH]c(-c4ccc(F)cc4)cc3c2)c1. The minimum atomic E-state index is -0.275. The minimum Gasteiger partial charge on any atom is -0.394 e. The number of rotatable bonds is 6. The second kappa shape index (κ2) is 8.47. The molecule has 3 N–H and O–H groups in total. The number of H-pyrrole nitrogens is 1. The molecule has 2 aromatic heterocycles. The number of carbonyl (C=O) groups excluding carboxylic acids is 1. The van der Waals surface area contributed by atoms with E-state index < -0.39 is 0 Å². The molecule has 2 aromatic carbocycles. The summed E-state index contributed by atoms with van der Waals surface area (Å²) in [4.78, 5) is 20.2. The molecule has 0 aliphatic carbocycles. The highest BCUT2D eigenvalue weighted by atomic mass is 19.1. The van der Waals surface area contributed by atoms with Crippen molar-refractivity contribution in [3.05, 3.63) is 78.2 Å². The van der Waals surface area contributed by atoms with Gasteiger partial charge in [0.15, 0.2) is 0 Å². The van der Waals surface area contributed by atoms with Crippen molar-refractivity contribution in [2.75, 3.05) is 6.61 Å². The van der Waals surface area contributed by atoms with Gasteiger partial charge in [0.1, 0.15) is 11.5 Å². The zero-order valence-electron chi connectivity index (χ0n) is 16.5. The monoisotopic (exact) mass is 403 g/mol. The predicted molar refractivity (Wildman–Crippen MR) is 116 cm³/mol. The smallest absolute Gasteiger partial charge is 0.251 e. The molecule has 0 unspecified atom stereocenters. The van der Waals surface area contributed by atoms with Gasteiger partial charge < -0.3 is 15.4 Å². The molecule has 0 aliphatic heterocycles. The van der Waals surface area contributed by atoms with Crippen LogP contribution in [0, 0.1) is 5.82 Å². The predicted octanol–water partition coefficient (Wildman–Crippen LogP) is 4.54. The van der Waals surface area contributed by atoms with Gasteiger partial charge in [-0.1, -0.05) is 19.1 Å². The van der Waals surface area contributed by atoms with Crippen LogP contribution in [0.3, 0.4) is 0 Å². The molecule has 30 heavy (non-hydrogen) atoms. The van der Waals surface area contributed by atoms with Crippen molar-refractivity contribution in [3.63, 3.8) is 0 Å². The maximum Gasteiger partial charge on any atom is 0.251 e. The van der Waals surface area contributed by atoms with Gasteiger partial charge in [-0.2, -0.15) is 0 Å². The highest BCUT2D eigenvalue weighted by molar-refractivity contribution is 5.96. The maximum absolute atomic E-state index is 13.2. The Balaban J connectivity index is 1.63. The first-order valence-electron chi connectivity index (χ1n) is 9.84. The first-order valence-corrected chi connectivity index (χ1v) is 9.84. The molecule has 0 aliphatic rings. The summed E-state index contributed by atoms with van der Waals surface area (Å²) in [5.41, 5.74) is 4.76. The molecule has 2 heterocycles. The molecule has 0 saturated heterocycles. The lowest BCUT2D eigenvalue weighted by molar-refractivity contribution is 0.0915.